The Morgan fingerprint density at radius 1 is 0.675 bits per heavy atom. The van der Waals surface area contributed by atoms with Gasteiger partial charge in [-0.15, -0.1) is 0 Å². The maximum atomic E-state index is 14.6. The van der Waals surface area contributed by atoms with Crippen molar-refractivity contribution >= 4 is 53.3 Å². The van der Waals surface area contributed by atoms with E-state index < -0.39 is 114 Å². The van der Waals surface area contributed by atoms with E-state index in [1.165, 1.54) is 45.9 Å². The quantitative estimate of drug-likeness (QED) is 0.0771. The Kier molecular flexibility index (Phi) is 24.3. The SMILES string of the molecule is C/C=C1/NC(=O)CC[C@H](C(=O)O)NC(=O)[C@@H](C)[C@H](/C=C/C(C)=C/[C@H](C)[C@H](Cc2ccccc2)OC)NC(=O)[C@H](CCc2ccc(O)cc2)NC(=O)[C@@H](C)[C@H](C(=O)O)NC(=O)[C@H](CCc2ccccc2)NC(=O)[C@@H](C)NC1=O. The molecular formula is C57H73N7O13. The van der Waals surface area contributed by atoms with Gasteiger partial charge in [-0.3, -0.25) is 33.6 Å². The van der Waals surface area contributed by atoms with Crippen LogP contribution in [0.25, 0.3) is 0 Å². The van der Waals surface area contributed by atoms with Crippen LogP contribution in [0.15, 0.2) is 121 Å². The van der Waals surface area contributed by atoms with E-state index in [-0.39, 0.29) is 49.2 Å². The molecule has 3 aromatic rings. The zero-order valence-corrected chi connectivity index (χ0v) is 44.5. The van der Waals surface area contributed by atoms with Crippen molar-refractivity contribution in [2.75, 3.05) is 7.11 Å². The second-order valence-corrected chi connectivity index (χ2v) is 19.3. The monoisotopic (exact) mass is 1060 g/mol. The fourth-order valence-electron chi connectivity index (χ4n) is 8.45. The number of methoxy groups -OCH3 is 1. The van der Waals surface area contributed by atoms with Gasteiger partial charge in [-0.05, 0) is 88.1 Å². The van der Waals surface area contributed by atoms with Crippen LogP contribution >= 0.6 is 0 Å². The van der Waals surface area contributed by atoms with Crippen molar-refractivity contribution in [3.63, 3.8) is 0 Å². The van der Waals surface area contributed by atoms with Gasteiger partial charge in [0.1, 0.15) is 41.7 Å². The summed E-state index contributed by atoms with van der Waals surface area (Å²) in [6, 6.07) is 15.9. The first-order valence-corrected chi connectivity index (χ1v) is 25.6. The number of aliphatic carboxylic acids is 2. The molecule has 0 unspecified atom stereocenters. The van der Waals surface area contributed by atoms with Crippen LogP contribution in [0.1, 0.15) is 83.9 Å². The minimum atomic E-state index is -1.91. The molecular weight excluding hydrogens is 991 g/mol. The molecule has 3 aromatic carbocycles. The van der Waals surface area contributed by atoms with Crippen molar-refractivity contribution in [2.24, 2.45) is 17.8 Å². The van der Waals surface area contributed by atoms with Crippen LogP contribution in [0.4, 0.5) is 0 Å². The second kappa shape index (κ2) is 30.4. The molecule has 1 fully saturated rings. The molecule has 0 saturated carbocycles. The van der Waals surface area contributed by atoms with Crippen LogP contribution in [-0.2, 0) is 67.2 Å². The van der Waals surface area contributed by atoms with Crippen molar-refractivity contribution in [2.45, 2.75) is 129 Å². The van der Waals surface area contributed by atoms with Crippen LogP contribution in [0, 0.1) is 17.8 Å². The molecule has 0 bridgehead atoms. The van der Waals surface area contributed by atoms with Gasteiger partial charge in [0.05, 0.1) is 24.0 Å². The number of phenols is 1. The highest BCUT2D eigenvalue weighted by Gasteiger charge is 2.37. The fourth-order valence-corrected chi connectivity index (χ4v) is 8.45. The number of carboxylic acids is 2. The summed E-state index contributed by atoms with van der Waals surface area (Å²) in [7, 11) is 1.62. The summed E-state index contributed by atoms with van der Waals surface area (Å²) in [4.78, 5) is 123. The van der Waals surface area contributed by atoms with Crippen molar-refractivity contribution in [1.29, 1.82) is 0 Å². The van der Waals surface area contributed by atoms with Crippen molar-refractivity contribution in [3.8, 4) is 5.75 Å². The molecule has 0 aromatic heterocycles. The van der Waals surface area contributed by atoms with E-state index in [2.05, 4.69) is 37.2 Å². The minimum Gasteiger partial charge on any atom is -0.508 e. The number of allylic oxidation sites excluding steroid dienone is 3. The lowest BCUT2D eigenvalue weighted by molar-refractivity contribution is -0.146. The van der Waals surface area contributed by atoms with Crippen LogP contribution in [0.3, 0.4) is 0 Å². The number of carbonyl (C=O) groups excluding carboxylic acids is 7. The highest BCUT2D eigenvalue weighted by molar-refractivity contribution is 6.01. The van der Waals surface area contributed by atoms with Crippen LogP contribution in [0.5, 0.6) is 5.75 Å². The molecule has 4 rings (SSSR count). The molecule has 10 atom stereocenters. The zero-order chi connectivity index (χ0) is 56.8. The molecule has 0 spiro atoms. The molecule has 0 aliphatic carbocycles. The van der Waals surface area contributed by atoms with Gasteiger partial charge in [0, 0.05) is 19.4 Å². The fraction of sp³-hybridized carbons (Fsp3) is 0.421. The molecule has 414 valence electrons. The Bertz CT molecular complexity index is 2620. The van der Waals surface area contributed by atoms with E-state index in [1.807, 2.05) is 50.3 Å². The number of nitrogens with one attached hydrogen (secondary N) is 7. The number of carbonyl (C=O) groups is 9. The van der Waals surface area contributed by atoms with Gasteiger partial charge in [-0.25, -0.2) is 9.59 Å². The summed E-state index contributed by atoms with van der Waals surface area (Å²) >= 11 is 0. The molecule has 7 amide bonds. The first-order chi connectivity index (χ1) is 36.6. The van der Waals surface area contributed by atoms with Crippen molar-refractivity contribution in [3.05, 3.63) is 137 Å². The van der Waals surface area contributed by atoms with Crippen molar-refractivity contribution < 1.29 is 63.2 Å². The molecule has 1 aliphatic rings. The number of rotatable bonds is 15. The van der Waals surface area contributed by atoms with E-state index in [4.69, 9.17) is 4.74 Å². The standard InChI is InChI=1S/C57H73N7O13/c1-8-42-53(70)58-37(6)52(69)62-45(27-22-38-15-11-9-12-16-38)55(72)64-49(57(75)76)36(5)51(68)61-44(28-23-39-20-24-41(65)25-21-39)54(71)60-43(35(4)50(67)63-46(56(73)74)29-30-48(66)59-42)26-19-33(2)31-34(3)47(77-7)32-40-17-13-10-14-18-40/h8-21,24-26,31,34-37,43-47,49,65H,22-23,27-30,32H2,1-7H3,(H,58,70)(H,59,66)(H,60,71)(H,61,68)(H,62,69)(H,63,67)(H,64,72)(H,73,74)(H,75,76)/b26-19+,33-31+,42-8+/t34-,35-,36-,37+,43-,44-,45-,46+,47-,49+/m0/s1. The number of carboxylic acid groups (broad SMARTS) is 2. The third kappa shape index (κ3) is 19.8. The third-order valence-corrected chi connectivity index (χ3v) is 13.3. The predicted octanol–water partition coefficient (Wildman–Crippen LogP) is 3.54. The predicted molar refractivity (Wildman–Crippen MR) is 286 cm³/mol. The summed E-state index contributed by atoms with van der Waals surface area (Å²) in [5, 5.41) is 48.4. The average Bonchev–Trinajstić information content (AvgIpc) is 3.40. The Hall–Kier alpha value is -8.13. The highest BCUT2D eigenvalue weighted by Crippen LogP contribution is 2.19. The van der Waals surface area contributed by atoms with Crippen LogP contribution < -0.4 is 37.2 Å². The summed E-state index contributed by atoms with van der Waals surface area (Å²) in [5.41, 5.74) is 2.92. The Morgan fingerprint density at radius 3 is 1.78 bits per heavy atom. The summed E-state index contributed by atoms with van der Waals surface area (Å²) in [5.74, 6) is -12.1. The number of aromatic hydroxyl groups is 1. The van der Waals surface area contributed by atoms with E-state index in [9.17, 15) is 58.5 Å². The molecule has 1 saturated heterocycles. The Morgan fingerprint density at radius 2 is 1.22 bits per heavy atom. The number of hydrogen-bond donors (Lipinski definition) is 10. The van der Waals surface area contributed by atoms with Gasteiger partial charge < -0.3 is 57.3 Å². The third-order valence-electron chi connectivity index (χ3n) is 13.3. The molecule has 1 heterocycles. The Balaban J connectivity index is 1.78. The topological polar surface area (TPSA) is 308 Å². The van der Waals surface area contributed by atoms with Crippen LogP contribution in [-0.4, -0.2) is 118 Å². The van der Waals surface area contributed by atoms with E-state index in [1.54, 1.807) is 61.7 Å². The number of amides is 7. The van der Waals surface area contributed by atoms with Gasteiger partial charge in [0.2, 0.25) is 35.4 Å². The number of phenolic OH excluding ortho intramolecular Hbond substituents is 1. The van der Waals surface area contributed by atoms with Gasteiger partial charge in [-0.2, -0.15) is 0 Å². The van der Waals surface area contributed by atoms with Crippen LogP contribution in [0.2, 0.25) is 0 Å². The molecule has 20 nitrogen and oxygen atoms in total. The van der Waals surface area contributed by atoms with E-state index in [0.29, 0.717) is 17.6 Å². The summed E-state index contributed by atoms with van der Waals surface area (Å²) in [6.07, 6.45) is 6.14. The normalized spacial score (nSPS) is 24.6. The zero-order valence-electron chi connectivity index (χ0n) is 44.5. The Labute approximate surface area is 449 Å². The van der Waals surface area contributed by atoms with Gasteiger partial charge >= 0.3 is 11.9 Å². The number of ether oxygens (including phenoxy) is 1. The lowest BCUT2D eigenvalue weighted by atomic mass is 9.94. The molecule has 1 aliphatic heterocycles. The molecule has 0 radical (unpaired) electrons. The summed E-state index contributed by atoms with van der Waals surface area (Å²) in [6.45, 7) is 9.22. The second-order valence-electron chi connectivity index (χ2n) is 19.3. The lowest BCUT2D eigenvalue weighted by Gasteiger charge is -2.28. The average molecular weight is 1060 g/mol. The number of benzene rings is 3. The van der Waals surface area contributed by atoms with Gasteiger partial charge in [0.15, 0.2) is 0 Å². The minimum absolute atomic E-state index is 0.0143. The smallest absolute Gasteiger partial charge is 0.327 e. The molecule has 77 heavy (non-hydrogen) atoms. The van der Waals surface area contributed by atoms with E-state index in [0.717, 1.165) is 11.1 Å². The number of hydrogen-bond acceptors (Lipinski definition) is 11. The van der Waals surface area contributed by atoms with E-state index >= 15 is 0 Å². The molecule has 20 heteroatoms. The maximum Gasteiger partial charge on any atom is 0.327 e. The number of aryl methyl sites for hydroxylation is 2. The highest BCUT2D eigenvalue weighted by atomic mass is 16.5. The van der Waals surface area contributed by atoms with Crippen molar-refractivity contribution in [1.82, 2.24) is 37.2 Å². The first-order valence-electron chi connectivity index (χ1n) is 25.6. The first kappa shape index (κ1) is 61.4. The maximum absolute atomic E-state index is 14.6. The van der Waals surface area contributed by atoms with Gasteiger partial charge in [0.25, 0.3) is 5.91 Å². The lowest BCUT2D eigenvalue weighted by Crippen LogP contribution is -2.59. The largest absolute Gasteiger partial charge is 0.508 e. The van der Waals surface area contributed by atoms with Gasteiger partial charge in [-0.1, -0.05) is 123 Å². The molecule has 10 N–H and O–H groups in total. The summed E-state index contributed by atoms with van der Waals surface area (Å²) < 4.78 is 5.84.